The molecule has 0 fully saturated rings. The molecule has 4 nitrogen and oxygen atoms in total. The van der Waals surface area contributed by atoms with Crippen molar-refractivity contribution in [3.05, 3.63) is 45.8 Å². The molecule has 1 aromatic carbocycles. The van der Waals surface area contributed by atoms with E-state index in [2.05, 4.69) is 5.32 Å². The van der Waals surface area contributed by atoms with Gasteiger partial charge in [0.25, 0.3) is 5.91 Å². The van der Waals surface area contributed by atoms with E-state index in [-0.39, 0.29) is 5.91 Å². The smallest absolute Gasteiger partial charge is 0.251 e. The van der Waals surface area contributed by atoms with Gasteiger partial charge in [-0.3, -0.25) is 9.59 Å². The summed E-state index contributed by atoms with van der Waals surface area (Å²) in [5.74, 6) is -0.241. The number of carbonyl (C=O) groups is 2. The number of rotatable bonds is 5. The van der Waals surface area contributed by atoms with Crippen LogP contribution in [0.5, 0.6) is 0 Å². The summed E-state index contributed by atoms with van der Waals surface area (Å²) in [5, 5.41) is 3.53. The molecule has 25 heavy (non-hydrogen) atoms. The maximum atomic E-state index is 12.3. The predicted molar refractivity (Wildman–Crippen MR) is 105 cm³/mol. The van der Waals surface area contributed by atoms with Crippen molar-refractivity contribution in [3.63, 3.8) is 0 Å². The van der Waals surface area contributed by atoms with Gasteiger partial charge in [-0.1, -0.05) is 24.1 Å². The molecule has 0 bridgehead atoms. The molecular weight excluding hydrogens is 352 g/mol. The van der Waals surface area contributed by atoms with Crippen molar-refractivity contribution >= 4 is 39.9 Å². The Morgan fingerprint density at radius 3 is 2.60 bits per heavy atom. The Labute approximate surface area is 156 Å². The maximum absolute atomic E-state index is 12.3. The fourth-order valence-corrected chi connectivity index (χ4v) is 5.05. The van der Waals surface area contributed by atoms with E-state index in [1.54, 1.807) is 0 Å². The normalized spacial score (nSPS) is 13.8. The van der Waals surface area contributed by atoms with E-state index in [1.807, 2.05) is 31.2 Å². The third kappa shape index (κ3) is 4.44. The number of nitrogens with one attached hydrogen (secondary N) is 1. The van der Waals surface area contributed by atoms with Crippen molar-refractivity contribution in [2.24, 2.45) is 5.73 Å². The molecule has 0 spiro atoms. The minimum Gasteiger partial charge on any atom is -0.365 e. The fourth-order valence-electron chi connectivity index (χ4n) is 3.04. The van der Waals surface area contributed by atoms with Gasteiger partial charge in [-0.25, -0.2) is 0 Å². The lowest BCUT2D eigenvalue weighted by Gasteiger charge is -2.06. The first-order chi connectivity index (χ1) is 12.0. The van der Waals surface area contributed by atoms with E-state index in [9.17, 15) is 9.59 Å². The van der Waals surface area contributed by atoms with Crippen LogP contribution in [-0.4, -0.2) is 17.6 Å². The van der Waals surface area contributed by atoms with Crippen LogP contribution in [0, 0.1) is 6.92 Å². The number of hydrogen-bond acceptors (Lipinski definition) is 4. The van der Waals surface area contributed by atoms with Crippen molar-refractivity contribution in [3.8, 4) is 0 Å². The molecule has 0 aliphatic heterocycles. The molecule has 0 saturated heterocycles. The standard InChI is InChI=1S/C19H22N2O2S2/c1-12-7-9-13(10-8-12)24-11-16(22)21-19-17(18(20)23)14-5-3-2-4-6-15(14)25-19/h7-10H,2-6,11H2,1H3,(H2,20,23)(H,21,22). The van der Waals surface area contributed by atoms with Crippen molar-refractivity contribution < 1.29 is 9.59 Å². The van der Waals surface area contributed by atoms with Crippen LogP contribution in [0.15, 0.2) is 29.2 Å². The molecule has 0 saturated carbocycles. The summed E-state index contributed by atoms with van der Waals surface area (Å²) in [6, 6.07) is 8.08. The molecule has 2 amide bonds. The van der Waals surface area contributed by atoms with Crippen LogP contribution in [-0.2, 0) is 17.6 Å². The molecule has 1 aromatic heterocycles. The molecular formula is C19H22N2O2S2. The largest absolute Gasteiger partial charge is 0.365 e. The van der Waals surface area contributed by atoms with Crippen LogP contribution in [0.1, 0.15) is 45.6 Å². The summed E-state index contributed by atoms with van der Waals surface area (Å²) in [4.78, 5) is 26.5. The van der Waals surface area contributed by atoms with E-state index < -0.39 is 5.91 Å². The molecule has 1 aliphatic rings. The van der Waals surface area contributed by atoms with Crippen molar-refractivity contribution in [2.45, 2.75) is 43.9 Å². The second-order valence-electron chi connectivity index (χ2n) is 6.28. The number of anilines is 1. The summed E-state index contributed by atoms with van der Waals surface area (Å²) in [6.07, 6.45) is 5.21. The Bertz CT molecular complexity index is 781. The Kier molecular flexibility index (Phi) is 5.81. The number of hydrogen-bond donors (Lipinski definition) is 2. The summed E-state index contributed by atoms with van der Waals surface area (Å²) in [5.41, 5.74) is 8.37. The van der Waals surface area contributed by atoms with Gasteiger partial charge in [0, 0.05) is 9.77 Å². The van der Waals surface area contributed by atoms with Gasteiger partial charge in [-0.15, -0.1) is 23.1 Å². The third-order valence-corrected chi connectivity index (χ3v) is 6.53. The van der Waals surface area contributed by atoms with Gasteiger partial charge >= 0.3 is 0 Å². The quantitative estimate of drug-likeness (QED) is 0.610. The molecule has 0 radical (unpaired) electrons. The highest BCUT2D eigenvalue weighted by atomic mass is 32.2. The van der Waals surface area contributed by atoms with Crippen LogP contribution < -0.4 is 11.1 Å². The number of thioether (sulfide) groups is 1. The zero-order valence-electron chi connectivity index (χ0n) is 14.3. The first-order valence-corrected chi connectivity index (χ1v) is 10.3. The molecule has 0 unspecified atom stereocenters. The highest BCUT2D eigenvalue weighted by Crippen LogP contribution is 2.37. The average molecular weight is 375 g/mol. The van der Waals surface area contributed by atoms with Gasteiger partial charge in [-0.05, 0) is 50.3 Å². The Hall–Kier alpha value is -1.79. The number of aryl methyl sites for hydroxylation is 2. The van der Waals surface area contributed by atoms with Gasteiger partial charge < -0.3 is 11.1 Å². The van der Waals surface area contributed by atoms with Crippen molar-refractivity contribution in [1.82, 2.24) is 0 Å². The minimum absolute atomic E-state index is 0.107. The van der Waals surface area contributed by atoms with Crippen LogP contribution in [0.25, 0.3) is 0 Å². The Balaban J connectivity index is 1.70. The molecule has 3 N–H and O–H groups in total. The SMILES string of the molecule is Cc1ccc(SCC(=O)Nc2sc3c(c2C(N)=O)CCCCC3)cc1. The van der Waals surface area contributed by atoms with Crippen LogP contribution in [0.4, 0.5) is 5.00 Å². The number of carbonyl (C=O) groups excluding carboxylic acids is 2. The summed E-state index contributed by atoms with van der Waals surface area (Å²) in [6.45, 7) is 2.04. The highest BCUT2D eigenvalue weighted by molar-refractivity contribution is 8.00. The number of thiophene rings is 1. The topological polar surface area (TPSA) is 72.2 Å². The van der Waals surface area contributed by atoms with Gasteiger partial charge in [-0.2, -0.15) is 0 Å². The van der Waals surface area contributed by atoms with E-state index >= 15 is 0 Å². The van der Waals surface area contributed by atoms with E-state index in [1.165, 1.54) is 40.0 Å². The zero-order valence-corrected chi connectivity index (χ0v) is 15.9. The monoisotopic (exact) mass is 374 g/mol. The average Bonchev–Trinajstić information content (AvgIpc) is 2.75. The second kappa shape index (κ2) is 8.06. The zero-order chi connectivity index (χ0) is 17.8. The molecule has 2 aromatic rings. The number of fused-ring (bicyclic) bond motifs is 1. The lowest BCUT2D eigenvalue weighted by Crippen LogP contribution is -2.19. The van der Waals surface area contributed by atoms with Gasteiger partial charge in [0.05, 0.1) is 11.3 Å². The molecule has 132 valence electrons. The Morgan fingerprint density at radius 1 is 1.16 bits per heavy atom. The first-order valence-electron chi connectivity index (χ1n) is 8.48. The molecule has 1 aliphatic carbocycles. The molecule has 0 atom stereocenters. The summed E-state index contributed by atoms with van der Waals surface area (Å²) < 4.78 is 0. The van der Waals surface area contributed by atoms with Gasteiger partial charge in [0.15, 0.2) is 0 Å². The second-order valence-corrected chi connectivity index (χ2v) is 8.44. The maximum Gasteiger partial charge on any atom is 0.251 e. The van der Waals surface area contributed by atoms with E-state index in [4.69, 9.17) is 5.73 Å². The van der Waals surface area contributed by atoms with Crippen LogP contribution in [0.3, 0.4) is 0 Å². The predicted octanol–water partition coefficient (Wildman–Crippen LogP) is 4.16. The lowest BCUT2D eigenvalue weighted by molar-refractivity contribution is -0.113. The summed E-state index contributed by atoms with van der Waals surface area (Å²) >= 11 is 3.00. The van der Waals surface area contributed by atoms with E-state index in [0.29, 0.717) is 16.3 Å². The highest BCUT2D eigenvalue weighted by Gasteiger charge is 2.24. The number of primary amides is 1. The Morgan fingerprint density at radius 2 is 1.88 bits per heavy atom. The van der Waals surface area contributed by atoms with Gasteiger partial charge in [0.2, 0.25) is 5.91 Å². The number of amides is 2. The summed E-state index contributed by atoms with van der Waals surface area (Å²) in [7, 11) is 0. The van der Waals surface area contributed by atoms with Crippen molar-refractivity contribution in [1.29, 1.82) is 0 Å². The van der Waals surface area contributed by atoms with Crippen LogP contribution in [0.2, 0.25) is 0 Å². The first kappa shape index (κ1) is 18.0. The number of nitrogens with two attached hydrogens (primary N) is 1. The third-order valence-electron chi connectivity index (χ3n) is 4.31. The van der Waals surface area contributed by atoms with Gasteiger partial charge in [0.1, 0.15) is 5.00 Å². The minimum atomic E-state index is -0.444. The van der Waals surface area contributed by atoms with E-state index in [0.717, 1.165) is 36.1 Å². The molecule has 1 heterocycles. The van der Waals surface area contributed by atoms with Crippen molar-refractivity contribution in [2.75, 3.05) is 11.1 Å². The molecule has 3 rings (SSSR count). The lowest BCUT2D eigenvalue weighted by atomic mass is 10.1. The fraction of sp³-hybridized carbons (Fsp3) is 0.368. The number of benzene rings is 1. The van der Waals surface area contributed by atoms with Crippen LogP contribution >= 0.6 is 23.1 Å². The molecule has 6 heteroatoms.